The Kier molecular flexibility index (Phi) is 3.17. The van der Waals surface area contributed by atoms with Gasteiger partial charge in [-0.3, -0.25) is 0 Å². The molecule has 0 radical (unpaired) electrons. The Morgan fingerprint density at radius 2 is 2.41 bits per heavy atom. The van der Waals surface area contributed by atoms with Crippen LogP contribution in [0.1, 0.15) is 13.3 Å². The Balaban J connectivity index is 2.19. The molecule has 0 unspecified atom stereocenters. The van der Waals surface area contributed by atoms with E-state index in [9.17, 15) is 5.11 Å². The van der Waals surface area contributed by atoms with Crippen molar-refractivity contribution >= 4 is 11.8 Å². The highest BCUT2D eigenvalue weighted by molar-refractivity contribution is 5.38. The van der Waals surface area contributed by atoms with Crippen molar-refractivity contribution in [2.24, 2.45) is 0 Å². The number of anilines is 2. The van der Waals surface area contributed by atoms with E-state index in [1.54, 1.807) is 19.4 Å². The van der Waals surface area contributed by atoms with Crippen molar-refractivity contribution in [2.75, 3.05) is 30.8 Å². The summed E-state index contributed by atoms with van der Waals surface area (Å²) in [6, 6.07) is 1.65. The van der Waals surface area contributed by atoms with Crippen LogP contribution >= 0.6 is 0 Å². The van der Waals surface area contributed by atoms with Crippen molar-refractivity contribution in [1.82, 2.24) is 9.97 Å². The first-order valence-corrected chi connectivity index (χ1v) is 5.62. The molecule has 0 amide bonds. The first-order valence-electron chi connectivity index (χ1n) is 5.62. The number of nitrogen functional groups attached to an aromatic ring is 1. The lowest BCUT2D eigenvalue weighted by atomic mass is 9.91. The van der Waals surface area contributed by atoms with E-state index in [0.717, 1.165) is 0 Å². The first kappa shape index (κ1) is 12.1. The van der Waals surface area contributed by atoms with E-state index >= 15 is 0 Å². The van der Waals surface area contributed by atoms with Crippen LogP contribution in [0.15, 0.2) is 12.3 Å². The van der Waals surface area contributed by atoms with Gasteiger partial charge < -0.3 is 20.5 Å². The number of nitrogens with two attached hydrogens (primary N) is 1. The lowest BCUT2D eigenvalue weighted by molar-refractivity contribution is -0.0962. The van der Waals surface area contributed by atoms with Crippen LogP contribution in [0.4, 0.5) is 11.8 Å². The molecule has 1 aromatic heterocycles. The standard InChI is InChI=1S/C11H18N4O2/c1-11(17-2)7-15(6-4-8(11)16)10-13-5-3-9(12)14-10/h3,5,8,16H,4,6-7H2,1-2H3,(H2,12,13,14)/t8-,11+/m1/s1. The summed E-state index contributed by atoms with van der Waals surface area (Å²) in [6.07, 6.45) is 1.79. The lowest BCUT2D eigenvalue weighted by Crippen LogP contribution is -2.56. The fraction of sp³-hybridized carbons (Fsp3) is 0.636. The van der Waals surface area contributed by atoms with Crippen LogP contribution < -0.4 is 10.6 Å². The van der Waals surface area contributed by atoms with Crippen LogP contribution in [0.25, 0.3) is 0 Å². The number of piperidine rings is 1. The highest BCUT2D eigenvalue weighted by atomic mass is 16.5. The molecule has 1 fully saturated rings. The zero-order valence-corrected chi connectivity index (χ0v) is 10.1. The van der Waals surface area contributed by atoms with Gasteiger partial charge in [0, 0.05) is 19.9 Å². The molecule has 1 saturated heterocycles. The summed E-state index contributed by atoms with van der Waals surface area (Å²) < 4.78 is 5.39. The van der Waals surface area contributed by atoms with E-state index in [2.05, 4.69) is 9.97 Å². The lowest BCUT2D eigenvalue weighted by Gasteiger charge is -2.42. The second-order valence-electron chi connectivity index (χ2n) is 4.52. The summed E-state index contributed by atoms with van der Waals surface area (Å²) in [7, 11) is 1.60. The van der Waals surface area contributed by atoms with Gasteiger partial charge in [0.05, 0.1) is 12.6 Å². The van der Waals surface area contributed by atoms with E-state index < -0.39 is 11.7 Å². The zero-order chi connectivity index (χ0) is 12.5. The van der Waals surface area contributed by atoms with Crippen LogP contribution in [0, 0.1) is 0 Å². The minimum absolute atomic E-state index is 0.445. The monoisotopic (exact) mass is 238 g/mol. The molecule has 0 saturated carbocycles. The van der Waals surface area contributed by atoms with Gasteiger partial charge in [0.15, 0.2) is 0 Å². The molecule has 17 heavy (non-hydrogen) atoms. The van der Waals surface area contributed by atoms with Crippen molar-refractivity contribution in [2.45, 2.75) is 25.0 Å². The molecule has 94 valence electrons. The van der Waals surface area contributed by atoms with Crippen LogP contribution in [0.5, 0.6) is 0 Å². The molecule has 0 bridgehead atoms. The Hall–Kier alpha value is -1.40. The first-order chi connectivity index (χ1) is 8.05. The predicted octanol–water partition coefficient (Wildman–Crippen LogP) is 0.0349. The maximum Gasteiger partial charge on any atom is 0.227 e. The molecular weight excluding hydrogens is 220 g/mol. The Morgan fingerprint density at radius 1 is 1.65 bits per heavy atom. The average molecular weight is 238 g/mol. The Labute approximate surface area is 100 Å². The van der Waals surface area contributed by atoms with Crippen molar-refractivity contribution in [3.8, 4) is 0 Å². The van der Waals surface area contributed by atoms with Crippen molar-refractivity contribution in [3.63, 3.8) is 0 Å². The molecule has 1 aliphatic heterocycles. The zero-order valence-electron chi connectivity index (χ0n) is 10.1. The predicted molar refractivity (Wildman–Crippen MR) is 64.7 cm³/mol. The molecule has 6 nitrogen and oxygen atoms in total. The summed E-state index contributed by atoms with van der Waals surface area (Å²) in [4.78, 5) is 10.3. The second-order valence-corrected chi connectivity index (χ2v) is 4.52. The van der Waals surface area contributed by atoms with Gasteiger partial charge >= 0.3 is 0 Å². The van der Waals surface area contributed by atoms with Gasteiger partial charge in [0.25, 0.3) is 0 Å². The minimum atomic E-state index is -0.591. The van der Waals surface area contributed by atoms with Gasteiger partial charge in [0.1, 0.15) is 11.4 Å². The number of methoxy groups -OCH3 is 1. The topological polar surface area (TPSA) is 84.5 Å². The molecule has 3 N–H and O–H groups in total. The van der Waals surface area contributed by atoms with Gasteiger partial charge in [0.2, 0.25) is 5.95 Å². The summed E-state index contributed by atoms with van der Waals surface area (Å²) in [6.45, 7) is 3.13. The third-order valence-corrected chi connectivity index (χ3v) is 3.30. The van der Waals surface area contributed by atoms with Gasteiger partial charge in [-0.1, -0.05) is 0 Å². The van der Waals surface area contributed by atoms with Crippen molar-refractivity contribution in [1.29, 1.82) is 0 Å². The number of aliphatic hydroxyl groups is 1. The summed E-state index contributed by atoms with van der Waals surface area (Å²) in [5.74, 6) is 1.03. The molecule has 6 heteroatoms. The Bertz CT molecular complexity index is 401. The number of rotatable bonds is 2. The normalized spacial score (nSPS) is 29.4. The highest BCUT2D eigenvalue weighted by Gasteiger charge is 2.39. The quantitative estimate of drug-likeness (QED) is 0.756. The fourth-order valence-corrected chi connectivity index (χ4v) is 2.03. The second kappa shape index (κ2) is 4.46. The van der Waals surface area contributed by atoms with Gasteiger partial charge in [-0.05, 0) is 19.4 Å². The van der Waals surface area contributed by atoms with Crippen molar-refractivity contribution < 1.29 is 9.84 Å². The van der Waals surface area contributed by atoms with Crippen LogP contribution in [-0.4, -0.2) is 47.0 Å². The molecule has 1 aliphatic rings. The van der Waals surface area contributed by atoms with Crippen LogP contribution in [0.3, 0.4) is 0 Å². The number of ether oxygens (including phenoxy) is 1. The SMILES string of the molecule is CO[C@@]1(C)CN(c2nccc(N)n2)CC[C@H]1O. The Morgan fingerprint density at radius 3 is 3.06 bits per heavy atom. The van der Waals surface area contributed by atoms with Gasteiger partial charge in [-0.2, -0.15) is 4.98 Å². The van der Waals surface area contributed by atoms with Crippen molar-refractivity contribution in [3.05, 3.63) is 12.3 Å². The van der Waals surface area contributed by atoms with E-state index in [-0.39, 0.29) is 0 Å². The smallest absolute Gasteiger partial charge is 0.227 e. The van der Waals surface area contributed by atoms with E-state index in [1.165, 1.54) is 0 Å². The van der Waals surface area contributed by atoms with Gasteiger partial charge in [-0.25, -0.2) is 4.98 Å². The molecule has 1 aromatic rings. The summed E-state index contributed by atoms with van der Waals surface area (Å²) in [5.41, 5.74) is 5.04. The molecule has 2 heterocycles. The van der Waals surface area contributed by atoms with Gasteiger partial charge in [-0.15, -0.1) is 0 Å². The number of aromatic nitrogens is 2. The molecule has 2 atom stereocenters. The molecule has 0 spiro atoms. The van der Waals surface area contributed by atoms with E-state index in [1.807, 2.05) is 11.8 Å². The summed E-state index contributed by atoms with van der Waals surface area (Å²) >= 11 is 0. The highest BCUT2D eigenvalue weighted by Crippen LogP contribution is 2.26. The summed E-state index contributed by atoms with van der Waals surface area (Å²) in [5, 5.41) is 9.93. The maximum atomic E-state index is 9.93. The average Bonchev–Trinajstić information content (AvgIpc) is 2.33. The third-order valence-electron chi connectivity index (χ3n) is 3.30. The third kappa shape index (κ3) is 2.32. The number of aliphatic hydroxyl groups excluding tert-OH is 1. The number of hydrogen-bond acceptors (Lipinski definition) is 6. The number of nitrogens with zero attached hydrogens (tertiary/aromatic N) is 3. The van der Waals surface area contributed by atoms with E-state index in [0.29, 0.717) is 31.3 Å². The molecule has 0 aliphatic carbocycles. The fourth-order valence-electron chi connectivity index (χ4n) is 2.03. The molecule has 0 aromatic carbocycles. The van der Waals surface area contributed by atoms with Crippen LogP contribution in [0.2, 0.25) is 0 Å². The molecule has 2 rings (SSSR count). The van der Waals surface area contributed by atoms with E-state index in [4.69, 9.17) is 10.5 Å². The minimum Gasteiger partial charge on any atom is -0.390 e. The maximum absolute atomic E-state index is 9.93. The molecular formula is C11H18N4O2. The number of hydrogen-bond donors (Lipinski definition) is 2. The van der Waals surface area contributed by atoms with Crippen LogP contribution in [-0.2, 0) is 4.74 Å². The largest absolute Gasteiger partial charge is 0.390 e.